The highest BCUT2D eigenvalue weighted by molar-refractivity contribution is 6.00. The molecular weight excluding hydrogens is 458 g/mol. The molecular formula is C27H39N5O4. The second-order valence-corrected chi connectivity index (χ2v) is 10.9. The fraction of sp³-hybridized carbons (Fsp3) is 0.630. The number of hydrogen-bond acceptors (Lipinski definition) is 5. The van der Waals surface area contributed by atoms with Gasteiger partial charge >= 0.3 is 6.03 Å². The predicted octanol–water partition coefficient (Wildman–Crippen LogP) is 2.36. The van der Waals surface area contributed by atoms with Crippen LogP contribution in [0.3, 0.4) is 0 Å². The van der Waals surface area contributed by atoms with Crippen LogP contribution in [-0.2, 0) is 9.59 Å². The largest absolute Gasteiger partial charge is 0.378 e. The lowest BCUT2D eigenvalue weighted by molar-refractivity contribution is -0.138. The zero-order valence-electron chi connectivity index (χ0n) is 21.9. The maximum Gasteiger partial charge on any atom is 0.320 e. The second kappa shape index (κ2) is 10.9. The van der Waals surface area contributed by atoms with Crippen molar-refractivity contribution in [1.29, 1.82) is 0 Å². The number of rotatable bonds is 6. The number of Topliss-reactive ketones (excluding diaryl/α,β-unsaturated/α-hetero) is 1. The lowest BCUT2D eigenvalue weighted by atomic mass is 10.0. The number of anilines is 1. The molecule has 36 heavy (non-hydrogen) atoms. The Balaban J connectivity index is 1.46. The molecule has 0 spiro atoms. The molecule has 3 heterocycles. The van der Waals surface area contributed by atoms with Crippen LogP contribution in [0.4, 0.5) is 10.5 Å². The average Bonchev–Trinajstić information content (AvgIpc) is 3.44. The van der Waals surface area contributed by atoms with Crippen molar-refractivity contribution in [3.63, 3.8) is 0 Å². The van der Waals surface area contributed by atoms with E-state index < -0.39 is 12.1 Å². The summed E-state index contributed by atoms with van der Waals surface area (Å²) in [5.41, 5.74) is 1.46. The smallest absolute Gasteiger partial charge is 0.320 e. The van der Waals surface area contributed by atoms with Gasteiger partial charge in [0.1, 0.15) is 12.1 Å². The summed E-state index contributed by atoms with van der Waals surface area (Å²) in [6.45, 7) is 5.92. The van der Waals surface area contributed by atoms with Gasteiger partial charge in [0.05, 0.1) is 12.6 Å². The molecule has 3 aliphatic heterocycles. The van der Waals surface area contributed by atoms with E-state index >= 15 is 0 Å². The van der Waals surface area contributed by atoms with Crippen molar-refractivity contribution in [1.82, 2.24) is 20.0 Å². The number of nitrogens with zero attached hydrogens (tertiary/aromatic N) is 4. The number of hydrogen-bond donors (Lipinski definition) is 1. The van der Waals surface area contributed by atoms with E-state index in [-0.39, 0.29) is 42.1 Å². The van der Waals surface area contributed by atoms with Crippen molar-refractivity contribution < 1.29 is 19.2 Å². The van der Waals surface area contributed by atoms with Gasteiger partial charge < -0.3 is 24.9 Å². The van der Waals surface area contributed by atoms with E-state index in [1.165, 1.54) is 0 Å². The van der Waals surface area contributed by atoms with Crippen molar-refractivity contribution >= 4 is 29.3 Å². The van der Waals surface area contributed by atoms with Crippen LogP contribution in [-0.4, -0.2) is 96.7 Å². The minimum absolute atomic E-state index is 0.0495. The van der Waals surface area contributed by atoms with Gasteiger partial charge in [0.25, 0.3) is 5.91 Å². The third-order valence-corrected chi connectivity index (χ3v) is 7.53. The normalized spacial score (nSPS) is 22.6. The fourth-order valence-electron chi connectivity index (χ4n) is 5.64. The van der Waals surface area contributed by atoms with Crippen LogP contribution in [0.2, 0.25) is 0 Å². The van der Waals surface area contributed by atoms with Gasteiger partial charge in [0.2, 0.25) is 5.91 Å². The molecule has 0 bridgehead atoms. The van der Waals surface area contributed by atoms with E-state index in [1.54, 1.807) is 21.9 Å². The summed E-state index contributed by atoms with van der Waals surface area (Å²) in [4.78, 5) is 60.0. The Labute approximate surface area is 213 Å². The minimum Gasteiger partial charge on any atom is -0.378 e. The molecule has 196 valence electrons. The van der Waals surface area contributed by atoms with Gasteiger partial charge in [-0.1, -0.05) is 13.8 Å². The highest BCUT2D eigenvalue weighted by Gasteiger charge is 2.52. The summed E-state index contributed by atoms with van der Waals surface area (Å²) in [6.07, 6.45) is 4.15. The zero-order chi connectivity index (χ0) is 26.0. The second-order valence-electron chi connectivity index (χ2n) is 10.9. The van der Waals surface area contributed by atoms with Crippen LogP contribution in [0.1, 0.15) is 56.3 Å². The molecule has 9 heteroatoms. The van der Waals surface area contributed by atoms with Gasteiger partial charge in [0, 0.05) is 45.0 Å². The van der Waals surface area contributed by atoms with Gasteiger partial charge in [-0.2, -0.15) is 0 Å². The van der Waals surface area contributed by atoms with Crippen LogP contribution in [0.25, 0.3) is 0 Å². The summed E-state index contributed by atoms with van der Waals surface area (Å²) >= 11 is 0. The van der Waals surface area contributed by atoms with Crippen molar-refractivity contribution in [3.05, 3.63) is 29.8 Å². The fourth-order valence-corrected chi connectivity index (χ4v) is 5.64. The molecule has 0 radical (unpaired) electrons. The van der Waals surface area contributed by atoms with Gasteiger partial charge in [-0.25, -0.2) is 4.79 Å². The Kier molecular flexibility index (Phi) is 7.85. The molecule has 0 aliphatic carbocycles. The standard InChI is InChI=1S/C27H39N5O4/c1-18(2)16-21(28-25(34)19-8-10-20(11-9-19)29(3)4)26(35)31-15-12-22-24(31)23(33)17-32(22)27(36)30-13-6-5-7-14-30/h8-11,18,21-22,24H,5-7,12-17H2,1-4H3,(H,28,34). The van der Waals surface area contributed by atoms with Crippen LogP contribution >= 0.6 is 0 Å². The molecule has 3 unspecified atom stereocenters. The number of benzene rings is 1. The monoisotopic (exact) mass is 497 g/mol. The number of ketones is 1. The molecule has 3 atom stereocenters. The first kappa shape index (κ1) is 26.0. The van der Waals surface area contributed by atoms with E-state index in [0.29, 0.717) is 24.9 Å². The number of piperidine rings is 1. The molecule has 1 aromatic carbocycles. The van der Waals surface area contributed by atoms with Crippen molar-refractivity contribution in [2.75, 3.05) is 45.2 Å². The Morgan fingerprint density at radius 1 is 1.00 bits per heavy atom. The molecule has 3 saturated heterocycles. The molecule has 3 fully saturated rings. The van der Waals surface area contributed by atoms with E-state index in [9.17, 15) is 19.2 Å². The van der Waals surface area contributed by atoms with Gasteiger partial charge in [0.15, 0.2) is 5.78 Å². The Morgan fingerprint density at radius 3 is 2.28 bits per heavy atom. The summed E-state index contributed by atoms with van der Waals surface area (Å²) in [5, 5.41) is 2.93. The summed E-state index contributed by atoms with van der Waals surface area (Å²) in [6, 6.07) is 5.50. The number of carbonyl (C=O) groups excluding carboxylic acids is 4. The van der Waals surface area contributed by atoms with Crippen LogP contribution in [0.5, 0.6) is 0 Å². The van der Waals surface area contributed by atoms with E-state index in [4.69, 9.17) is 0 Å². The summed E-state index contributed by atoms with van der Waals surface area (Å²) < 4.78 is 0. The molecule has 4 rings (SSSR count). The number of nitrogens with one attached hydrogen (secondary N) is 1. The molecule has 1 aromatic rings. The van der Waals surface area contributed by atoms with Crippen LogP contribution in [0, 0.1) is 5.92 Å². The van der Waals surface area contributed by atoms with E-state index in [0.717, 1.165) is 38.0 Å². The highest BCUT2D eigenvalue weighted by Crippen LogP contribution is 2.32. The first-order valence-corrected chi connectivity index (χ1v) is 13.1. The first-order chi connectivity index (χ1) is 17.2. The summed E-state index contributed by atoms with van der Waals surface area (Å²) in [5.74, 6) is -0.472. The van der Waals surface area contributed by atoms with Gasteiger partial charge in [-0.05, 0) is 62.3 Å². The SMILES string of the molecule is CC(C)CC(NC(=O)c1ccc(N(C)C)cc1)C(=O)N1CCC2C1C(=O)CN2C(=O)N1CCCCC1. The molecule has 1 N–H and O–H groups in total. The number of fused-ring (bicyclic) bond motifs is 1. The van der Waals surface area contributed by atoms with Crippen molar-refractivity contribution in [3.8, 4) is 0 Å². The van der Waals surface area contributed by atoms with Crippen LogP contribution in [0.15, 0.2) is 24.3 Å². The maximum absolute atomic E-state index is 13.7. The van der Waals surface area contributed by atoms with Gasteiger partial charge in [-0.15, -0.1) is 0 Å². The van der Waals surface area contributed by atoms with Crippen molar-refractivity contribution in [2.45, 2.75) is 64.1 Å². The number of carbonyl (C=O) groups is 4. The van der Waals surface area contributed by atoms with Gasteiger partial charge in [-0.3, -0.25) is 14.4 Å². The Hall–Kier alpha value is -3.10. The lowest BCUT2D eigenvalue weighted by Crippen LogP contribution is -2.53. The first-order valence-electron chi connectivity index (χ1n) is 13.1. The molecule has 9 nitrogen and oxygen atoms in total. The highest BCUT2D eigenvalue weighted by atomic mass is 16.2. The summed E-state index contributed by atoms with van der Waals surface area (Å²) in [7, 11) is 3.86. The lowest BCUT2D eigenvalue weighted by Gasteiger charge is -2.33. The molecule has 3 aliphatic rings. The molecule has 0 saturated carbocycles. The number of urea groups is 1. The predicted molar refractivity (Wildman–Crippen MR) is 138 cm³/mol. The molecule has 0 aromatic heterocycles. The quantitative estimate of drug-likeness (QED) is 0.651. The maximum atomic E-state index is 13.7. The molecule has 4 amide bonds. The topological polar surface area (TPSA) is 93.3 Å². The average molecular weight is 498 g/mol. The third-order valence-electron chi connectivity index (χ3n) is 7.53. The Bertz CT molecular complexity index is 986. The van der Waals surface area contributed by atoms with Crippen molar-refractivity contribution in [2.24, 2.45) is 5.92 Å². The zero-order valence-corrected chi connectivity index (χ0v) is 21.9. The number of amides is 4. The van der Waals surface area contributed by atoms with E-state index in [1.807, 2.05) is 49.9 Å². The third kappa shape index (κ3) is 5.34. The van der Waals surface area contributed by atoms with Crippen LogP contribution < -0.4 is 10.2 Å². The minimum atomic E-state index is -0.732. The van der Waals surface area contributed by atoms with E-state index in [2.05, 4.69) is 5.32 Å². The number of likely N-dealkylation sites (tertiary alicyclic amines) is 3. The Morgan fingerprint density at radius 2 is 1.67 bits per heavy atom.